The van der Waals surface area contributed by atoms with Gasteiger partial charge in [0.25, 0.3) is 0 Å². The van der Waals surface area contributed by atoms with E-state index in [1.165, 1.54) is 19.2 Å². The van der Waals surface area contributed by atoms with Crippen LogP contribution in [0.5, 0.6) is 5.75 Å². The van der Waals surface area contributed by atoms with Gasteiger partial charge in [0.05, 0.1) is 13.7 Å². The Balaban J connectivity index is 1.52. The number of aromatic nitrogens is 2. The van der Waals surface area contributed by atoms with Crippen molar-refractivity contribution < 1.29 is 28.0 Å². The van der Waals surface area contributed by atoms with Crippen molar-refractivity contribution in [2.75, 3.05) is 26.8 Å². The summed E-state index contributed by atoms with van der Waals surface area (Å²) in [6.07, 6.45) is 1.89. The number of nitrogens with zero attached hydrogens (tertiary/aromatic N) is 3. The Morgan fingerprint density at radius 1 is 1.36 bits per heavy atom. The van der Waals surface area contributed by atoms with Crippen LogP contribution in [0.25, 0.3) is 0 Å². The van der Waals surface area contributed by atoms with Crippen LogP contribution >= 0.6 is 0 Å². The van der Waals surface area contributed by atoms with E-state index in [0.717, 1.165) is 6.42 Å². The van der Waals surface area contributed by atoms with Crippen molar-refractivity contribution in [3.8, 4) is 5.75 Å². The van der Waals surface area contributed by atoms with Crippen molar-refractivity contribution in [1.29, 1.82) is 0 Å². The average molecular weight is 392 g/mol. The summed E-state index contributed by atoms with van der Waals surface area (Å²) in [6.45, 7) is 0.635. The van der Waals surface area contributed by atoms with Crippen molar-refractivity contribution in [3.63, 3.8) is 0 Å². The third-order valence-electron chi connectivity index (χ3n) is 4.30. The molecule has 2 heterocycles. The van der Waals surface area contributed by atoms with Crippen molar-refractivity contribution in [3.05, 3.63) is 41.8 Å². The molecule has 1 aromatic heterocycles. The van der Waals surface area contributed by atoms with Crippen molar-refractivity contribution in [1.82, 2.24) is 20.4 Å². The van der Waals surface area contributed by atoms with Gasteiger partial charge in [-0.2, -0.15) is 4.98 Å². The first kappa shape index (κ1) is 19.6. The fraction of sp³-hybridized carbons (Fsp3) is 0.444. The number of nitrogens with one attached hydrogen (secondary N) is 1. The van der Waals surface area contributed by atoms with Gasteiger partial charge >= 0.3 is 12.0 Å². The van der Waals surface area contributed by atoms with Gasteiger partial charge in [-0.05, 0) is 37.1 Å². The van der Waals surface area contributed by atoms with Gasteiger partial charge in [-0.1, -0.05) is 5.16 Å². The number of hydrogen-bond acceptors (Lipinski definition) is 7. The quantitative estimate of drug-likeness (QED) is 0.717. The molecule has 1 unspecified atom stereocenters. The zero-order valence-corrected chi connectivity index (χ0v) is 15.4. The molecule has 2 amide bonds. The smallest absolute Gasteiger partial charge is 0.325 e. The van der Waals surface area contributed by atoms with E-state index in [4.69, 9.17) is 9.26 Å². The van der Waals surface area contributed by atoms with Gasteiger partial charge in [-0.15, -0.1) is 0 Å². The maximum absolute atomic E-state index is 12.9. The first-order valence-corrected chi connectivity index (χ1v) is 8.89. The topological polar surface area (TPSA) is 107 Å². The molecule has 0 aliphatic carbocycles. The average Bonchev–Trinajstić information content (AvgIpc) is 3.36. The first-order chi connectivity index (χ1) is 13.6. The maximum Gasteiger partial charge on any atom is 0.325 e. The number of amides is 2. The van der Waals surface area contributed by atoms with Gasteiger partial charge in [0.2, 0.25) is 5.89 Å². The second kappa shape index (κ2) is 9.16. The lowest BCUT2D eigenvalue weighted by Crippen LogP contribution is -2.41. The summed E-state index contributed by atoms with van der Waals surface area (Å²) in [5, 5.41) is 6.44. The predicted octanol–water partition coefficient (Wildman–Crippen LogP) is 1.85. The van der Waals surface area contributed by atoms with E-state index in [1.54, 1.807) is 17.0 Å². The summed E-state index contributed by atoms with van der Waals surface area (Å²) in [6, 6.07) is 5.01. The predicted molar refractivity (Wildman–Crippen MR) is 94.0 cm³/mol. The molecule has 0 bridgehead atoms. The summed E-state index contributed by atoms with van der Waals surface area (Å²) in [5.41, 5.74) is 0. The van der Waals surface area contributed by atoms with Crippen molar-refractivity contribution in [2.45, 2.75) is 25.3 Å². The summed E-state index contributed by atoms with van der Waals surface area (Å²) >= 11 is 0. The number of hydrogen-bond donors (Lipinski definition) is 1. The number of esters is 1. The normalized spacial score (nSPS) is 16.1. The minimum Gasteiger partial charge on any atom is -0.493 e. The van der Waals surface area contributed by atoms with Crippen LogP contribution in [0.15, 0.2) is 28.8 Å². The summed E-state index contributed by atoms with van der Waals surface area (Å²) < 4.78 is 28.2. The third-order valence-corrected chi connectivity index (χ3v) is 4.30. The summed E-state index contributed by atoms with van der Waals surface area (Å²) in [5.74, 6) is 0.507. The van der Waals surface area contributed by atoms with Gasteiger partial charge < -0.3 is 24.2 Å². The molecule has 150 valence electrons. The molecule has 1 saturated heterocycles. The molecule has 2 aromatic rings. The number of ether oxygens (including phenoxy) is 2. The number of urea groups is 1. The molecular weight excluding hydrogens is 371 g/mol. The van der Waals surface area contributed by atoms with Crippen LogP contribution in [0, 0.1) is 5.82 Å². The van der Waals surface area contributed by atoms with E-state index >= 15 is 0 Å². The Morgan fingerprint density at radius 3 is 2.89 bits per heavy atom. The van der Waals surface area contributed by atoms with E-state index in [-0.39, 0.29) is 24.4 Å². The van der Waals surface area contributed by atoms with Crippen LogP contribution in [0.2, 0.25) is 0 Å². The molecule has 10 heteroatoms. The zero-order valence-electron chi connectivity index (χ0n) is 15.4. The summed E-state index contributed by atoms with van der Waals surface area (Å²) in [4.78, 5) is 29.4. The largest absolute Gasteiger partial charge is 0.493 e. The second-order valence-electron chi connectivity index (χ2n) is 6.19. The van der Waals surface area contributed by atoms with Crippen LogP contribution in [0.4, 0.5) is 9.18 Å². The highest BCUT2D eigenvalue weighted by Gasteiger charge is 2.34. The van der Waals surface area contributed by atoms with Gasteiger partial charge in [0.15, 0.2) is 5.82 Å². The maximum atomic E-state index is 12.9. The number of halogens is 1. The van der Waals surface area contributed by atoms with Crippen molar-refractivity contribution in [2.24, 2.45) is 0 Å². The Bertz CT molecular complexity index is 811. The molecule has 1 N–H and O–H groups in total. The second-order valence-corrected chi connectivity index (χ2v) is 6.19. The standard InChI is InChI=1S/C18H21FN4O5/c1-26-16(24)11-20-18(25)23-9-2-3-14(23)17-21-15(22-28-17)8-10-27-13-6-4-12(19)5-7-13/h4-7,14H,2-3,8-11H2,1H3,(H,20,25). The molecule has 0 saturated carbocycles. The molecular formula is C18H21FN4O5. The highest BCUT2D eigenvalue weighted by atomic mass is 19.1. The molecule has 1 atom stereocenters. The van der Waals surface area contributed by atoms with Gasteiger partial charge in [0.1, 0.15) is 24.2 Å². The molecule has 3 rings (SSSR count). The Morgan fingerprint density at radius 2 is 2.14 bits per heavy atom. The van der Waals surface area contributed by atoms with Crippen LogP contribution in [-0.4, -0.2) is 53.8 Å². The number of likely N-dealkylation sites (tertiary alicyclic amines) is 1. The number of rotatable bonds is 7. The number of methoxy groups -OCH3 is 1. The van der Waals surface area contributed by atoms with Crippen LogP contribution in [-0.2, 0) is 16.0 Å². The van der Waals surface area contributed by atoms with E-state index < -0.39 is 5.97 Å². The van der Waals surface area contributed by atoms with E-state index in [1.807, 2.05) is 0 Å². The number of benzene rings is 1. The first-order valence-electron chi connectivity index (χ1n) is 8.89. The highest BCUT2D eigenvalue weighted by Crippen LogP contribution is 2.30. The lowest BCUT2D eigenvalue weighted by Gasteiger charge is -2.21. The molecule has 28 heavy (non-hydrogen) atoms. The van der Waals surface area contributed by atoms with E-state index in [0.29, 0.717) is 43.5 Å². The van der Waals surface area contributed by atoms with Gasteiger partial charge in [-0.3, -0.25) is 4.79 Å². The molecule has 9 nitrogen and oxygen atoms in total. The Kier molecular flexibility index (Phi) is 6.41. The zero-order chi connectivity index (χ0) is 19.9. The fourth-order valence-electron chi connectivity index (χ4n) is 2.88. The van der Waals surface area contributed by atoms with Gasteiger partial charge in [-0.25, -0.2) is 9.18 Å². The van der Waals surface area contributed by atoms with Crippen LogP contribution in [0.1, 0.15) is 30.6 Å². The van der Waals surface area contributed by atoms with Crippen LogP contribution < -0.4 is 10.1 Å². The van der Waals surface area contributed by atoms with Crippen molar-refractivity contribution >= 4 is 12.0 Å². The summed E-state index contributed by atoms with van der Waals surface area (Å²) in [7, 11) is 1.26. The minimum absolute atomic E-state index is 0.200. The lowest BCUT2D eigenvalue weighted by atomic mass is 10.2. The molecule has 1 fully saturated rings. The molecule has 0 radical (unpaired) electrons. The lowest BCUT2D eigenvalue weighted by molar-refractivity contribution is -0.139. The highest BCUT2D eigenvalue weighted by molar-refractivity contribution is 5.81. The number of carbonyl (C=O) groups excluding carboxylic acids is 2. The molecule has 1 aromatic carbocycles. The Hall–Kier alpha value is -3.17. The fourth-order valence-corrected chi connectivity index (χ4v) is 2.88. The third kappa shape index (κ3) is 4.96. The molecule has 1 aliphatic heterocycles. The SMILES string of the molecule is COC(=O)CNC(=O)N1CCCC1c1nc(CCOc2ccc(F)cc2)no1. The number of carbonyl (C=O) groups is 2. The van der Waals surface area contributed by atoms with Gasteiger partial charge in [0, 0.05) is 13.0 Å². The van der Waals surface area contributed by atoms with Crippen LogP contribution in [0.3, 0.4) is 0 Å². The van der Waals surface area contributed by atoms with E-state index in [2.05, 4.69) is 20.2 Å². The molecule has 1 aliphatic rings. The molecule has 0 spiro atoms. The minimum atomic E-state index is -0.523. The Labute approximate surface area is 160 Å². The monoisotopic (exact) mass is 392 g/mol. The van der Waals surface area contributed by atoms with E-state index in [9.17, 15) is 14.0 Å².